The van der Waals surface area contributed by atoms with E-state index in [1.165, 1.54) is 5.56 Å². The molecule has 0 N–H and O–H groups in total. The van der Waals surface area contributed by atoms with Gasteiger partial charge in [-0.25, -0.2) is 0 Å². The van der Waals surface area contributed by atoms with Crippen LogP contribution < -0.4 is 4.74 Å². The monoisotopic (exact) mass is 533 g/mol. The van der Waals surface area contributed by atoms with Crippen LogP contribution in [0, 0.1) is 0 Å². The van der Waals surface area contributed by atoms with E-state index in [9.17, 15) is 14.4 Å². The maximum absolute atomic E-state index is 14.1. The predicted octanol–water partition coefficient (Wildman–Crippen LogP) is 3.67. The lowest BCUT2D eigenvalue weighted by Gasteiger charge is -2.44. The normalized spacial score (nSPS) is 22.1. The standard InChI is InChI=1S/C31H39N3O5/c1-2-3-16-32-17-19-38-27-14-7-5-10-24(27)11-8-9-15-31(30(32)37)23-33(18-20-39-31)28(35)22-34-21-25-12-4-6-13-26(25)29(34)36/h4-7,10,12-14H,2-3,8-9,11,15-23H2,1H3. The van der Waals surface area contributed by atoms with Gasteiger partial charge >= 0.3 is 0 Å². The summed E-state index contributed by atoms with van der Waals surface area (Å²) >= 11 is 0. The molecule has 5 rings (SSSR count). The molecule has 3 amide bonds. The zero-order valence-corrected chi connectivity index (χ0v) is 22.9. The number of carbonyl (C=O) groups is 3. The fourth-order valence-electron chi connectivity index (χ4n) is 5.89. The molecule has 0 bridgehead atoms. The second kappa shape index (κ2) is 12.2. The third kappa shape index (κ3) is 5.96. The molecule has 0 aliphatic carbocycles. The second-order valence-electron chi connectivity index (χ2n) is 10.8. The van der Waals surface area contributed by atoms with Crippen molar-refractivity contribution in [3.8, 4) is 5.75 Å². The van der Waals surface area contributed by atoms with Crippen LogP contribution in [0.5, 0.6) is 5.75 Å². The van der Waals surface area contributed by atoms with Gasteiger partial charge in [0.05, 0.1) is 19.7 Å². The van der Waals surface area contributed by atoms with E-state index in [4.69, 9.17) is 9.47 Å². The lowest BCUT2D eigenvalue weighted by Crippen LogP contribution is -2.62. The molecule has 39 heavy (non-hydrogen) atoms. The molecule has 0 saturated carbocycles. The van der Waals surface area contributed by atoms with Crippen LogP contribution in [-0.2, 0) is 27.3 Å². The Bertz CT molecular complexity index is 1200. The summed E-state index contributed by atoms with van der Waals surface area (Å²) in [6, 6.07) is 15.6. The third-order valence-electron chi connectivity index (χ3n) is 8.09. The number of amides is 3. The summed E-state index contributed by atoms with van der Waals surface area (Å²) in [6.45, 7) is 4.96. The number of hydrogen-bond acceptors (Lipinski definition) is 5. The van der Waals surface area contributed by atoms with E-state index in [1.54, 1.807) is 9.80 Å². The Kier molecular flexibility index (Phi) is 8.50. The highest BCUT2D eigenvalue weighted by atomic mass is 16.5. The molecule has 1 atom stereocenters. The van der Waals surface area contributed by atoms with Crippen LogP contribution in [0.25, 0.3) is 0 Å². The van der Waals surface area contributed by atoms with Crippen molar-refractivity contribution in [3.63, 3.8) is 0 Å². The van der Waals surface area contributed by atoms with E-state index in [-0.39, 0.29) is 30.8 Å². The number of fused-ring (bicyclic) bond motifs is 2. The Morgan fingerprint density at radius 3 is 2.56 bits per heavy atom. The topological polar surface area (TPSA) is 79.4 Å². The largest absolute Gasteiger partial charge is 0.491 e. The number of ether oxygens (including phenoxy) is 2. The highest BCUT2D eigenvalue weighted by molar-refractivity contribution is 6.00. The van der Waals surface area contributed by atoms with Crippen molar-refractivity contribution in [1.82, 2.24) is 14.7 Å². The molecule has 3 aliphatic heterocycles. The van der Waals surface area contributed by atoms with Crippen molar-refractivity contribution in [2.45, 2.75) is 57.6 Å². The van der Waals surface area contributed by atoms with Crippen LogP contribution in [0.4, 0.5) is 0 Å². The Labute approximate surface area is 230 Å². The highest BCUT2D eigenvalue weighted by Crippen LogP contribution is 2.30. The van der Waals surface area contributed by atoms with Crippen LogP contribution in [-0.4, -0.2) is 84.0 Å². The molecule has 3 heterocycles. The quantitative estimate of drug-likeness (QED) is 0.586. The number of nitrogens with zero attached hydrogens (tertiary/aromatic N) is 3. The number of aryl methyl sites for hydroxylation is 1. The SMILES string of the molecule is CCCCN1CCOc2ccccc2CCCCC2(CN(C(=O)CN3Cc4ccccc4C3=O)CCO2)C1=O. The van der Waals surface area contributed by atoms with E-state index in [1.807, 2.05) is 47.4 Å². The molecule has 2 aromatic rings. The van der Waals surface area contributed by atoms with E-state index in [0.29, 0.717) is 51.4 Å². The van der Waals surface area contributed by atoms with Crippen LogP contribution in [0.3, 0.4) is 0 Å². The fourth-order valence-corrected chi connectivity index (χ4v) is 5.89. The number of rotatable bonds is 5. The third-order valence-corrected chi connectivity index (χ3v) is 8.09. The first-order valence-electron chi connectivity index (χ1n) is 14.3. The lowest BCUT2D eigenvalue weighted by atomic mass is 9.90. The van der Waals surface area contributed by atoms with Gasteiger partial charge in [0, 0.05) is 25.2 Å². The van der Waals surface area contributed by atoms with Crippen LogP contribution in [0.1, 0.15) is 60.5 Å². The minimum Gasteiger partial charge on any atom is -0.491 e. The average Bonchev–Trinajstić information content (AvgIpc) is 3.27. The van der Waals surface area contributed by atoms with Crippen molar-refractivity contribution >= 4 is 17.7 Å². The van der Waals surface area contributed by atoms with Gasteiger partial charge in [-0.3, -0.25) is 14.4 Å². The molecule has 208 valence electrons. The number of hydrogen-bond donors (Lipinski definition) is 0. The molecular formula is C31H39N3O5. The number of benzene rings is 2. The van der Waals surface area contributed by atoms with E-state index >= 15 is 0 Å². The van der Waals surface area contributed by atoms with Crippen molar-refractivity contribution < 1.29 is 23.9 Å². The molecule has 1 spiro atoms. The first kappa shape index (κ1) is 27.2. The van der Waals surface area contributed by atoms with Gasteiger partial charge < -0.3 is 24.2 Å². The summed E-state index contributed by atoms with van der Waals surface area (Å²) in [5.41, 5.74) is 1.70. The Hall–Kier alpha value is -3.39. The van der Waals surface area contributed by atoms with Crippen LogP contribution in [0.2, 0.25) is 0 Å². The summed E-state index contributed by atoms with van der Waals surface area (Å²) < 4.78 is 12.4. The minimum atomic E-state index is -1.08. The Morgan fingerprint density at radius 1 is 0.949 bits per heavy atom. The molecule has 2 aromatic carbocycles. The second-order valence-corrected chi connectivity index (χ2v) is 10.8. The van der Waals surface area contributed by atoms with Crippen LogP contribution in [0.15, 0.2) is 48.5 Å². The van der Waals surface area contributed by atoms with Gasteiger partial charge in [-0.1, -0.05) is 49.7 Å². The van der Waals surface area contributed by atoms with E-state index in [2.05, 4.69) is 13.0 Å². The fraction of sp³-hybridized carbons (Fsp3) is 0.516. The smallest absolute Gasteiger partial charge is 0.256 e. The first-order valence-corrected chi connectivity index (χ1v) is 14.3. The summed E-state index contributed by atoms with van der Waals surface area (Å²) in [5.74, 6) is 0.570. The number of carbonyl (C=O) groups excluding carboxylic acids is 3. The lowest BCUT2D eigenvalue weighted by molar-refractivity contribution is -0.177. The van der Waals surface area contributed by atoms with Crippen molar-refractivity contribution in [3.05, 3.63) is 65.2 Å². The number of morpholine rings is 1. The molecule has 0 radical (unpaired) electrons. The van der Waals surface area contributed by atoms with Gasteiger partial charge in [-0.2, -0.15) is 0 Å². The van der Waals surface area contributed by atoms with Gasteiger partial charge in [-0.05, 0) is 55.4 Å². The van der Waals surface area contributed by atoms with E-state index < -0.39 is 5.60 Å². The molecule has 0 aromatic heterocycles. The zero-order valence-electron chi connectivity index (χ0n) is 22.9. The molecule has 1 unspecified atom stereocenters. The molecule has 1 saturated heterocycles. The summed E-state index contributed by atoms with van der Waals surface area (Å²) in [4.78, 5) is 45.7. The zero-order chi connectivity index (χ0) is 27.2. The molecule has 1 fully saturated rings. The first-order chi connectivity index (χ1) is 19.0. The molecule has 8 nitrogen and oxygen atoms in total. The minimum absolute atomic E-state index is 0.00194. The van der Waals surface area contributed by atoms with Gasteiger partial charge in [0.15, 0.2) is 5.60 Å². The van der Waals surface area contributed by atoms with Crippen molar-refractivity contribution in [2.75, 3.05) is 45.9 Å². The van der Waals surface area contributed by atoms with E-state index in [0.717, 1.165) is 43.4 Å². The van der Waals surface area contributed by atoms with Crippen molar-refractivity contribution in [1.29, 1.82) is 0 Å². The van der Waals surface area contributed by atoms with Gasteiger partial charge in [-0.15, -0.1) is 0 Å². The predicted molar refractivity (Wildman–Crippen MR) is 147 cm³/mol. The Balaban J connectivity index is 1.32. The molecular weight excluding hydrogens is 494 g/mol. The van der Waals surface area contributed by atoms with Crippen LogP contribution >= 0.6 is 0 Å². The summed E-state index contributed by atoms with van der Waals surface area (Å²) in [5, 5.41) is 0. The van der Waals surface area contributed by atoms with Crippen molar-refractivity contribution in [2.24, 2.45) is 0 Å². The maximum atomic E-state index is 14.1. The summed E-state index contributed by atoms with van der Waals surface area (Å²) in [6.07, 6.45) is 4.96. The van der Waals surface area contributed by atoms with Gasteiger partial charge in [0.1, 0.15) is 18.9 Å². The molecule has 3 aliphatic rings. The average molecular weight is 534 g/mol. The summed E-state index contributed by atoms with van der Waals surface area (Å²) in [7, 11) is 0. The number of para-hydroxylation sites is 1. The molecule has 8 heteroatoms. The van der Waals surface area contributed by atoms with Gasteiger partial charge in [0.25, 0.3) is 11.8 Å². The number of unbranched alkanes of at least 4 members (excludes halogenated alkanes) is 1. The highest BCUT2D eigenvalue weighted by Gasteiger charge is 2.47. The maximum Gasteiger partial charge on any atom is 0.256 e. The van der Waals surface area contributed by atoms with Gasteiger partial charge in [0.2, 0.25) is 5.91 Å². The Morgan fingerprint density at radius 2 is 1.74 bits per heavy atom.